The van der Waals surface area contributed by atoms with Gasteiger partial charge in [-0.15, -0.1) is 0 Å². The van der Waals surface area contributed by atoms with E-state index < -0.39 is 5.82 Å². The van der Waals surface area contributed by atoms with Crippen LogP contribution < -0.4 is 10.1 Å². The molecule has 4 aromatic rings. The molecule has 0 aliphatic carbocycles. The third kappa shape index (κ3) is 4.64. The van der Waals surface area contributed by atoms with E-state index in [0.717, 1.165) is 33.3 Å². The van der Waals surface area contributed by atoms with Crippen LogP contribution in [0.4, 0.5) is 10.1 Å². The highest BCUT2D eigenvalue weighted by Gasteiger charge is 2.10. The van der Waals surface area contributed by atoms with Gasteiger partial charge in [-0.05, 0) is 52.7 Å². The molecule has 0 bridgehead atoms. The summed E-state index contributed by atoms with van der Waals surface area (Å²) < 4.78 is 19.6. The Balaban J connectivity index is 1.61. The summed E-state index contributed by atoms with van der Waals surface area (Å²) in [6.45, 7) is 0.949. The molecule has 0 aliphatic heterocycles. The highest BCUT2D eigenvalue weighted by Crippen LogP contribution is 2.30. The molecule has 2 nitrogen and oxygen atoms in total. The Kier molecular flexibility index (Phi) is 5.89. The zero-order valence-corrected chi connectivity index (χ0v) is 17.0. The van der Waals surface area contributed by atoms with Gasteiger partial charge in [-0.25, -0.2) is 4.39 Å². The van der Waals surface area contributed by atoms with Crippen molar-refractivity contribution in [3.8, 4) is 5.75 Å². The summed E-state index contributed by atoms with van der Waals surface area (Å²) in [7, 11) is 0. The van der Waals surface area contributed by atoms with E-state index in [4.69, 9.17) is 27.9 Å². The van der Waals surface area contributed by atoms with Crippen molar-refractivity contribution >= 4 is 39.7 Å². The van der Waals surface area contributed by atoms with Crippen LogP contribution in [0, 0.1) is 5.82 Å². The summed E-state index contributed by atoms with van der Waals surface area (Å²) in [5.41, 5.74) is 2.80. The van der Waals surface area contributed by atoms with Crippen LogP contribution in [0.1, 0.15) is 11.1 Å². The molecule has 1 N–H and O–H groups in total. The Labute approximate surface area is 178 Å². The van der Waals surface area contributed by atoms with E-state index in [9.17, 15) is 4.39 Å². The largest absolute Gasteiger partial charge is 0.489 e. The summed E-state index contributed by atoms with van der Waals surface area (Å²) in [5.74, 6) is 0.355. The lowest BCUT2D eigenvalue weighted by Crippen LogP contribution is -2.05. The third-order valence-corrected chi connectivity index (χ3v) is 5.24. The van der Waals surface area contributed by atoms with Gasteiger partial charge in [0.15, 0.2) is 0 Å². The molecule has 0 saturated carbocycles. The molecule has 0 saturated heterocycles. The number of hydrogen-bond acceptors (Lipinski definition) is 2. The van der Waals surface area contributed by atoms with Crippen LogP contribution in [0.15, 0.2) is 78.9 Å². The second-order valence-corrected chi connectivity index (χ2v) is 7.50. The molecule has 0 unspecified atom stereocenters. The van der Waals surface area contributed by atoms with Gasteiger partial charge in [-0.3, -0.25) is 0 Å². The number of ether oxygens (including phenoxy) is 1. The molecule has 0 heterocycles. The molecule has 0 aliphatic rings. The van der Waals surface area contributed by atoms with Crippen molar-refractivity contribution in [1.82, 2.24) is 0 Å². The van der Waals surface area contributed by atoms with Gasteiger partial charge in [-0.2, -0.15) is 0 Å². The van der Waals surface area contributed by atoms with E-state index in [-0.39, 0.29) is 5.02 Å². The Hall–Kier alpha value is -2.75. The first kappa shape index (κ1) is 19.6. The van der Waals surface area contributed by atoms with E-state index in [2.05, 4.69) is 17.4 Å². The summed E-state index contributed by atoms with van der Waals surface area (Å²) in [6, 6.07) is 24.4. The van der Waals surface area contributed by atoms with Crippen molar-refractivity contribution in [3.63, 3.8) is 0 Å². The van der Waals surface area contributed by atoms with Gasteiger partial charge in [0.1, 0.15) is 18.2 Å². The first-order valence-corrected chi connectivity index (χ1v) is 9.92. The molecule has 4 rings (SSSR count). The number of nitrogens with one attached hydrogen (secondary N) is 1. The molecule has 5 heteroatoms. The van der Waals surface area contributed by atoms with Crippen molar-refractivity contribution in [1.29, 1.82) is 0 Å². The van der Waals surface area contributed by atoms with Crippen LogP contribution in [0.5, 0.6) is 5.75 Å². The zero-order chi connectivity index (χ0) is 20.2. The second kappa shape index (κ2) is 8.73. The molecular formula is C24H18Cl2FNO. The molecule has 4 aromatic carbocycles. The van der Waals surface area contributed by atoms with Crippen molar-refractivity contribution in [2.45, 2.75) is 13.2 Å². The number of benzene rings is 4. The number of hydrogen-bond donors (Lipinski definition) is 1. The maximum Gasteiger partial charge on any atom is 0.141 e. The Morgan fingerprint density at radius 1 is 0.862 bits per heavy atom. The molecule has 0 spiro atoms. The maximum atomic E-state index is 13.4. The van der Waals surface area contributed by atoms with Gasteiger partial charge in [0.2, 0.25) is 0 Å². The quantitative estimate of drug-likeness (QED) is 0.345. The Bertz CT molecular complexity index is 1150. The fourth-order valence-electron chi connectivity index (χ4n) is 3.17. The number of rotatable bonds is 6. The van der Waals surface area contributed by atoms with E-state index >= 15 is 0 Å². The van der Waals surface area contributed by atoms with E-state index in [0.29, 0.717) is 18.2 Å². The van der Waals surface area contributed by atoms with Crippen LogP contribution in [-0.4, -0.2) is 0 Å². The Morgan fingerprint density at radius 2 is 1.66 bits per heavy atom. The lowest BCUT2D eigenvalue weighted by Gasteiger charge is -2.16. The maximum absolute atomic E-state index is 13.4. The fraction of sp³-hybridized carbons (Fsp3) is 0.0833. The number of fused-ring (bicyclic) bond motifs is 1. The number of halogens is 3. The first-order valence-electron chi connectivity index (χ1n) is 9.17. The van der Waals surface area contributed by atoms with E-state index in [1.807, 2.05) is 48.5 Å². The smallest absolute Gasteiger partial charge is 0.141 e. The van der Waals surface area contributed by atoms with E-state index in [1.165, 1.54) is 6.07 Å². The normalized spacial score (nSPS) is 10.9. The summed E-state index contributed by atoms with van der Waals surface area (Å²) in [6.07, 6.45) is 0. The molecule has 0 radical (unpaired) electrons. The van der Waals surface area contributed by atoms with E-state index in [1.54, 1.807) is 12.1 Å². The lowest BCUT2D eigenvalue weighted by molar-refractivity contribution is 0.304. The third-order valence-electron chi connectivity index (χ3n) is 4.69. The van der Waals surface area contributed by atoms with Crippen LogP contribution in [0.3, 0.4) is 0 Å². The minimum Gasteiger partial charge on any atom is -0.489 e. The van der Waals surface area contributed by atoms with Gasteiger partial charge in [-0.1, -0.05) is 65.7 Å². The lowest BCUT2D eigenvalue weighted by atomic mass is 10.0. The molecule has 0 atom stereocenters. The average molecular weight is 426 g/mol. The number of anilines is 1. The van der Waals surface area contributed by atoms with Gasteiger partial charge < -0.3 is 10.1 Å². The highest BCUT2D eigenvalue weighted by molar-refractivity contribution is 6.31. The van der Waals surface area contributed by atoms with Crippen molar-refractivity contribution in [2.24, 2.45) is 0 Å². The van der Waals surface area contributed by atoms with Crippen molar-refractivity contribution < 1.29 is 9.13 Å². The van der Waals surface area contributed by atoms with Gasteiger partial charge in [0, 0.05) is 22.8 Å². The summed E-state index contributed by atoms with van der Waals surface area (Å²) >= 11 is 11.9. The van der Waals surface area contributed by atoms with Crippen LogP contribution in [0.2, 0.25) is 10.0 Å². The standard InChI is InChI=1S/C24H18Cl2FNO/c25-18-8-5-16(6-9-18)15-29-24-12-7-17-3-1-2-4-20(17)21(24)14-28-19-10-11-23(27)22(26)13-19/h1-13,28H,14-15H2. The zero-order valence-electron chi connectivity index (χ0n) is 15.5. The molecule has 0 aromatic heterocycles. The van der Waals surface area contributed by atoms with Crippen LogP contribution in [-0.2, 0) is 13.2 Å². The molecule has 0 fully saturated rings. The van der Waals surface area contributed by atoms with Gasteiger partial charge in [0.25, 0.3) is 0 Å². The second-order valence-electron chi connectivity index (χ2n) is 6.66. The van der Waals surface area contributed by atoms with Crippen molar-refractivity contribution in [3.05, 3.63) is 106 Å². The molecular weight excluding hydrogens is 408 g/mol. The van der Waals surface area contributed by atoms with Crippen LogP contribution in [0.25, 0.3) is 10.8 Å². The average Bonchev–Trinajstić information content (AvgIpc) is 2.74. The Morgan fingerprint density at radius 3 is 2.45 bits per heavy atom. The summed E-state index contributed by atoms with van der Waals surface area (Å²) in [5, 5.41) is 6.33. The van der Waals surface area contributed by atoms with Crippen LogP contribution >= 0.6 is 23.2 Å². The molecule has 146 valence electrons. The summed E-state index contributed by atoms with van der Waals surface area (Å²) in [4.78, 5) is 0. The fourth-order valence-corrected chi connectivity index (χ4v) is 3.48. The topological polar surface area (TPSA) is 21.3 Å². The van der Waals surface area contributed by atoms with Gasteiger partial charge >= 0.3 is 0 Å². The minimum absolute atomic E-state index is 0.0899. The van der Waals surface area contributed by atoms with Crippen molar-refractivity contribution in [2.75, 3.05) is 5.32 Å². The minimum atomic E-state index is -0.436. The SMILES string of the molecule is Fc1ccc(NCc2c(OCc3ccc(Cl)cc3)ccc3ccccc23)cc1Cl. The molecule has 29 heavy (non-hydrogen) atoms. The monoisotopic (exact) mass is 425 g/mol. The highest BCUT2D eigenvalue weighted by atomic mass is 35.5. The first-order chi connectivity index (χ1) is 14.1. The van der Waals surface area contributed by atoms with Gasteiger partial charge in [0.05, 0.1) is 5.02 Å². The molecule has 0 amide bonds. The predicted octanol–water partition coefficient (Wildman–Crippen LogP) is 7.48. The predicted molar refractivity (Wildman–Crippen MR) is 118 cm³/mol.